The van der Waals surface area contributed by atoms with Gasteiger partial charge in [-0.1, -0.05) is 84.0 Å². The molecular weight excluding hydrogens is 660 g/mol. The van der Waals surface area contributed by atoms with Crippen molar-refractivity contribution in [3.05, 3.63) is 0 Å². The zero-order valence-corrected chi connectivity index (χ0v) is 34.0. The van der Waals surface area contributed by atoms with Crippen LogP contribution in [0.4, 0.5) is 0 Å². The molecule has 0 rings (SSSR count). The van der Waals surface area contributed by atoms with Crippen LogP contribution in [-0.4, -0.2) is 147 Å². The molecule has 0 fully saturated rings. The van der Waals surface area contributed by atoms with E-state index >= 15 is 0 Å². The number of ether oxygens (including phenoxy) is 10. The van der Waals surface area contributed by atoms with Crippen LogP contribution in [-0.2, 0) is 51.8 Å². The van der Waals surface area contributed by atoms with Gasteiger partial charge in [0.05, 0.1) is 132 Å². The van der Waals surface area contributed by atoms with E-state index in [-0.39, 0.29) is 0 Å². The van der Waals surface area contributed by atoms with Crippen LogP contribution in [0, 0.1) is 0 Å². The lowest BCUT2D eigenvalue weighted by Gasteiger charge is -2.16. The quantitative estimate of drug-likeness (QED) is 0.0472. The summed E-state index contributed by atoms with van der Waals surface area (Å²) in [6.45, 7) is 20.8. The molecule has 50 heavy (non-hydrogen) atoms. The Morgan fingerprint density at radius 3 is 0.680 bits per heavy atom. The van der Waals surface area contributed by atoms with Crippen LogP contribution in [0.3, 0.4) is 0 Å². The van der Waals surface area contributed by atoms with Crippen molar-refractivity contribution in [2.24, 2.45) is 0 Å². The van der Waals surface area contributed by atoms with Crippen LogP contribution < -0.4 is 0 Å². The van der Waals surface area contributed by atoms with Crippen LogP contribution in [0.25, 0.3) is 0 Å². The minimum atomic E-state index is -1.45. The maximum absolute atomic E-state index is 5.73. The standard InChI is InChI=1S/C38H80O11Si/c1-5-6-7-8-9-10-11-12-13-14-15-16-17-18-39-19-20-40-21-22-41-23-24-42-25-26-43-27-28-44-29-30-45-31-32-46-33-34-47-35-36-48-37-38-49-50(2,3)4/h5-38H2,1-4H3. The van der Waals surface area contributed by atoms with Gasteiger partial charge in [-0.05, 0) is 26.1 Å². The molecule has 0 bridgehead atoms. The summed E-state index contributed by atoms with van der Waals surface area (Å²) in [4.78, 5) is 0. The average molecular weight is 741 g/mol. The SMILES string of the molecule is CCCCCCCCCCCCCCCOCCOCCOCCOCCOCCOCCOCCOCCOCCOCCO[Si](C)(C)C. The first-order valence-electron chi connectivity index (χ1n) is 20.0. The molecule has 0 aliphatic heterocycles. The molecule has 0 aliphatic rings. The lowest BCUT2D eigenvalue weighted by atomic mass is 10.0. The van der Waals surface area contributed by atoms with Crippen molar-refractivity contribution in [2.75, 3.05) is 139 Å². The van der Waals surface area contributed by atoms with E-state index in [9.17, 15) is 0 Å². The van der Waals surface area contributed by atoms with Crippen LogP contribution in [0.2, 0.25) is 19.6 Å². The first-order chi connectivity index (χ1) is 24.6. The molecule has 0 aromatic carbocycles. The summed E-state index contributed by atoms with van der Waals surface area (Å²) in [5.41, 5.74) is 0. The molecule has 11 nitrogen and oxygen atoms in total. The van der Waals surface area contributed by atoms with E-state index in [0.717, 1.165) is 13.0 Å². The Morgan fingerprint density at radius 1 is 0.240 bits per heavy atom. The fourth-order valence-corrected chi connectivity index (χ4v) is 5.41. The van der Waals surface area contributed by atoms with E-state index in [2.05, 4.69) is 26.6 Å². The molecular formula is C38H80O11Si. The molecule has 0 aliphatic carbocycles. The van der Waals surface area contributed by atoms with E-state index in [0.29, 0.717) is 132 Å². The van der Waals surface area contributed by atoms with Gasteiger partial charge in [-0.15, -0.1) is 0 Å². The second-order valence-corrected chi connectivity index (χ2v) is 17.8. The molecule has 302 valence electrons. The molecule has 0 atom stereocenters. The van der Waals surface area contributed by atoms with Gasteiger partial charge in [0.25, 0.3) is 0 Å². The lowest BCUT2D eigenvalue weighted by Crippen LogP contribution is -2.27. The minimum Gasteiger partial charge on any atom is -0.415 e. The van der Waals surface area contributed by atoms with Crippen molar-refractivity contribution >= 4 is 8.32 Å². The van der Waals surface area contributed by atoms with Crippen molar-refractivity contribution in [1.82, 2.24) is 0 Å². The highest BCUT2D eigenvalue weighted by molar-refractivity contribution is 6.69. The predicted octanol–water partition coefficient (Wildman–Crippen LogP) is 7.10. The minimum absolute atomic E-state index is 0.527. The molecule has 0 N–H and O–H groups in total. The third-order valence-electron chi connectivity index (χ3n) is 7.50. The maximum Gasteiger partial charge on any atom is 0.183 e. The fraction of sp³-hybridized carbons (Fsp3) is 1.00. The number of hydrogen-bond donors (Lipinski definition) is 0. The van der Waals surface area contributed by atoms with E-state index in [1.54, 1.807) is 0 Å². The second-order valence-electron chi connectivity index (χ2n) is 13.3. The second kappa shape index (κ2) is 43.2. The third-order valence-corrected chi connectivity index (χ3v) is 8.57. The monoisotopic (exact) mass is 741 g/mol. The highest BCUT2D eigenvalue weighted by Crippen LogP contribution is 2.12. The van der Waals surface area contributed by atoms with Crippen molar-refractivity contribution in [2.45, 2.75) is 110 Å². The average Bonchev–Trinajstić information content (AvgIpc) is 3.09. The molecule has 0 radical (unpaired) electrons. The molecule has 12 heteroatoms. The van der Waals surface area contributed by atoms with Gasteiger partial charge in [-0.2, -0.15) is 0 Å². The van der Waals surface area contributed by atoms with Crippen LogP contribution >= 0.6 is 0 Å². The van der Waals surface area contributed by atoms with E-state index in [1.165, 1.54) is 77.0 Å². The summed E-state index contributed by atoms with van der Waals surface area (Å²) in [6.07, 6.45) is 17.8. The molecule has 0 aromatic rings. The summed E-state index contributed by atoms with van der Waals surface area (Å²) in [7, 11) is -1.45. The summed E-state index contributed by atoms with van der Waals surface area (Å²) in [6, 6.07) is 0. The van der Waals surface area contributed by atoms with E-state index in [1.807, 2.05) is 0 Å². The summed E-state index contributed by atoms with van der Waals surface area (Å²) in [5.74, 6) is 0. The number of hydrogen-bond acceptors (Lipinski definition) is 11. The summed E-state index contributed by atoms with van der Waals surface area (Å²) < 4.78 is 61.0. The molecule has 0 aromatic heterocycles. The Hall–Kier alpha value is -0.223. The molecule has 0 saturated heterocycles. The van der Waals surface area contributed by atoms with E-state index < -0.39 is 8.32 Å². The van der Waals surface area contributed by atoms with Gasteiger partial charge in [-0.25, -0.2) is 0 Å². The van der Waals surface area contributed by atoms with Gasteiger partial charge >= 0.3 is 0 Å². The van der Waals surface area contributed by atoms with Gasteiger partial charge in [0.1, 0.15) is 0 Å². The van der Waals surface area contributed by atoms with Crippen molar-refractivity contribution in [1.29, 1.82) is 0 Å². The Kier molecular flexibility index (Phi) is 43.0. The first-order valence-corrected chi connectivity index (χ1v) is 23.4. The van der Waals surface area contributed by atoms with Crippen LogP contribution in [0.15, 0.2) is 0 Å². The first kappa shape index (κ1) is 49.8. The third kappa shape index (κ3) is 47.8. The topological polar surface area (TPSA) is 102 Å². The molecule has 0 saturated carbocycles. The zero-order valence-electron chi connectivity index (χ0n) is 33.0. The fourth-order valence-electron chi connectivity index (χ4n) is 4.71. The Morgan fingerprint density at radius 2 is 0.440 bits per heavy atom. The van der Waals surface area contributed by atoms with Gasteiger partial charge in [0.15, 0.2) is 8.32 Å². The summed E-state index contributed by atoms with van der Waals surface area (Å²) in [5, 5.41) is 0. The van der Waals surface area contributed by atoms with Gasteiger partial charge < -0.3 is 51.8 Å². The predicted molar refractivity (Wildman–Crippen MR) is 203 cm³/mol. The zero-order chi connectivity index (χ0) is 36.3. The molecule has 0 heterocycles. The number of rotatable bonds is 45. The van der Waals surface area contributed by atoms with Gasteiger partial charge in [0, 0.05) is 6.61 Å². The normalized spacial score (nSPS) is 12.0. The van der Waals surface area contributed by atoms with Crippen molar-refractivity contribution in [3.63, 3.8) is 0 Å². The summed E-state index contributed by atoms with van der Waals surface area (Å²) >= 11 is 0. The Bertz CT molecular complexity index is 614. The van der Waals surface area contributed by atoms with Gasteiger partial charge in [-0.3, -0.25) is 0 Å². The van der Waals surface area contributed by atoms with Crippen molar-refractivity contribution < 1.29 is 51.8 Å². The van der Waals surface area contributed by atoms with Crippen LogP contribution in [0.1, 0.15) is 90.4 Å². The lowest BCUT2D eigenvalue weighted by molar-refractivity contribution is -0.0267. The van der Waals surface area contributed by atoms with E-state index in [4.69, 9.17) is 51.8 Å². The van der Waals surface area contributed by atoms with Crippen molar-refractivity contribution in [3.8, 4) is 0 Å². The number of unbranched alkanes of at least 4 members (excludes halogenated alkanes) is 12. The molecule has 0 spiro atoms. The highest BCUT2D eigenvalue weighted by atomic mass is 28.4. The molecule has 0 amide bonds. The molecule has 0 unspecified atom stereocenters. The Labute approximate surface area is 308 Å². The maximum atomic E-state index is 5.73. The van der Waals surface area contributed by atoms with Gasteiger partial charge in [0.2, 0.25) is 0 Å². The largest absolute Gasteiger partial charge is 0.415 e. The highest BCUT2D eigenvalue weighted by Gasteiger charge is 2.13. The smallest absolute Gasteiger partial charge is 0.183 e. The Balaban J connectivity index is 3.06. The van der Waals surface area contributed by atoms with Crippen LogP contribution in [0.5, 0.6) is 0 Å².